The zero-order valence-electron chi connectivity index (χ0n) is 14.4. The maximum absolute atomic E-state index is 12.3. The van der Waals surface area contributed by atoms with E-state index in [1.807, 2.05) is 42.5 Å². The predicted octanol–water partition coefficient (Wildman–Crippen LogP) is 3.30. The van der Waals surface area contributed by atoms with Crippen LogP contribution in [0.1, 0.15) is 18.5 Å². The molecule has 1 aromatic heterocycles. The Bertz CT molecular complexity index is 687. The Balaban J connectivity index is 1.52. The molecule has 1 N–H and O–H groups in total. The Morgan fingerprint density at radius 2 is 2.28 bits per heavy atom. The highest BCUT2D eigenvalue weighted by atomic mass is 16.5. The van der Waals surface area contributed by atoms with Crippen LogP contribution >= 0.6 is 0 Å². The number of hydrogen-bond donors (Lipinski definition) is 1. The molecule has 0 aliphatic carbocycles. The van der Waals surface area contributed by atoms with Gasteiger partial charge in [-0.1, -0.05) is 12.1 Å². The number of hydrogen-bond acceptors (Lipinski definition) is 4. The van der Waals surface area contributed by atoms with Crippen molar-refractivity contribution in [2.24, 2.45) is 0 Å². The molecule has 1 atom stereocenters. The van der Waals surface area contributed by atoms with Crippen LogP contribution in [0.2, 0.25) is 0 Å². The molecule has 1 aromatic carbocycles. The number of nitrogens with zero attached hydrogens (tertiary/aromatic N) is 2. The third kappa shape index (κ3) is 5.19. The van der Waals surface area contributed by atoms with Crippen LogP contribution in [0.3, 0.4) is 0 Å². The fourth-order valence-electron chi connectivity index (χ4n) is 2.65. The van der Waals surface area contributed by atoms with Crippen LogP contribution in [0.15, 0.2) is 48.7 Å². The lowest BCUT2D eigenvalue weighted by molar-refractivity contribution is 0.0680. The highest BCUT2D eigenvalue weighted by molar-refractivity contribution is 5.89. The first kappa shape index (κ1) is 17.2. The number of urea groups is 1. The second-order valence-electron chi connectivity index (χ2n) is 6.08. The smallest absolute Gasteiger partial charge is 0.321 e. The topological polar surface area (TPSA) is 63.7 Å². The third-order valence-electron chi connectivity index (χ3n) is 4.02. The molecule has 2 heterocycles. The summed E-state index contributed by atoms with van der Waals surface area (Å²) in [7, 11) is 1.74. The maximum Gasteiger partial charge on any atom is 0.321 e. The molecule has 132 valence electrons. The van der Waals surface area contributed by atoms with E-state index in [2.05, 4.69) is 10.3 Å². The zero-order valence-corrected chi connectivity index (χ0v) is 14.4. The summed E-state index contributed by atoms with van der Waals surface area (Å²) in [4.78, 5) is 18.1. The van der Waals surface area contributed by atoms with Crippen LogP contribution < -0.4 is 10.1 Å². The van der Waals surface area contributed by atoms with Crippen molar-refractivity contribution in [3.05, 3.63) is 54.4 Å². The highest BCUT2D eigenvalue weighted by Crippen LogP contribution is 2.20. The lowest BCUT2D eigenvalue weighted by Crippen LogP contribution is -2.31. The van der Waals surface area contributed by atoms with E-state index in [4.69, 9.17) is 9.47 Å². The van der Waals surface area contributed by atoms with E-state index in [9.17, 15) is 4.79 Å². The van der Waals surface area contributed by atoms with Crippen LogP contribution in [0, 0.1) is 0 Å². The van der Waals surface area contributed by atoms with Crippen molar-refractivity contribution in [3.63, 3.8) is 0 Å². The van der Waals surface area contributed by atoms with E-state index in [-0.39, 0.29) is 12.1 Å². The minimum Gasteiger partial charge on any atom is -0.491 e. The Morgan fingerprint density at radius 1 is 1.36 bits per heavy atom. The molecule has 1 aliphatic heterocycles. The van der Waals surface area contributed by atoms with E-state index in [0.29, 0.717) is 18.8 Å². The molecule has 3 rings (SSSR count). The van der Waals surface area contributed by atoms with Gasteiger partial charge in [-0.15, -0.1) is 0 Å². The number of ether oxygens (including phenoxy) is 2. The first-order valence-electron chi connectivity index (χ1n) is 8.47. The Morgan fingerprint density at radius 3 is 3.04 bits per heavy atom. The van der Waals surface area contributed by atoms with E-state index < -0.39 is 0 Å². The predicted molar refractivity (Wildman–Crippen MR) is 95.6 cm³/mol. The van der Waals surface area contributed by atoms with E-state index in [1.54, 1.807) is 18.1 Å². The number of rotatable bonds is 6. The lowest BCUT2D eigenvalue weighted by Gasteiger charge is -2.18. The molecule has 0 radical (unpaired) electrons. The Kier molecular flexibility index (Phi) is 5.85. The molecule has 0 spiro atoms. The standard InChI is InChI=1S/C19H23N3O3/c1-22(13-16-6-2-3-10-20-16)19(23)21-15-7-4-8-17(12-15)25-14-18-9-5-11-24-18/h2-4,6-8,10,12,18H,5,9,11,13-14H2,1H3,(H,21,23). The minimum atomic E-state index is -0.193. The molecule has 6 nitrogen and oxygen atoms in total. The van der Waals surface area contributed by atoms with Crippen molar-refractivity contribution in [1.82, 2.24) is 9.88 Å². The van der Waals surface area contributed by atoms with Gasteiger partial charge in [-0.25, -0.2) is 4.79 Å². The Hall–Kier alpha value is -2.60. The van der Waals surface area contributed by atoms with Gasteiger partial charge < -0.3 is 19.7 Å². The minimum absolute atomic E-state index is 0.169. The van der Waals surface area contributed by atoms with Gasteiger partial charge in [-0.2, -0.15) is 0 Å². The van der Waals surface area contributed by atoms with Gasteiger partial charge in [0.15, 0.2) is 0 Å². The zero-order chi connectivity index (χ0) is 17.5. The largest absolute Gasteiger partial charge is 0.491 e. The molecule has 1 saturated heterocycles. The van der Waals surface area contributed by atoms with Gasteiger partial charge in [0.1, 0.15) is 12.4 Å². The number of aromatic nitrogens is 1. The second kappa shape index (κ2) is 8.48. The van der Waals surface area contributed by atoms with Gasteiger partial charge in [-0.05, 0) is 37.1 Å². The summed E-state index contributed by atoms with van der Waals surface area (Å²) in [6.45, 7) is 1.80. The van der Waals surface area contributed by atoms with Gasteiger partial charge >= 0.3 is 6.03 Å². The fourth-order valence-corrected chi connectivity index (χ4v) is 2.65. The summed E-state index contributed by atoms with van der Waals surface area (Å²) < 4.78 is 11.3. The molecule has 1 aliphatic rings. The molecule has 1 unspecified atom stereocenters. The van der Waals surface area contributed by atoms with Crippen LogP contribution in [0.5, 0.6) is 5.75 Å². The van der Waals surface area contributed by atoms with Crippen LogP contribution in [0.25, 0.3) is 0 Å². The monoisotopic (exact) mass is 341 g/mol. The quantitative estimate of drug-likeness (QED) is 0.875. The first-order valence-corrected chi connectivity index (χ1v) is 8.47. The SMILES string of the molecule is CN(Cc1ccccn1)C(=O)Nc1cccc(OCC2CCCO2)c1. The first-order chi connectivity index (χ1) is 12.2. The normalized spacial score (nSPS) is 16.4. The van der Waals surface area contributed by atoms with Gasteiger partial charge in [0.2, 0.25) is 0 Å². The van der Waals surface area contributed by atoms with Crippen molar-refractivity contribution in [2.75, 3.05) is 25.6 Å². The summed E-state index contributed by atoms with van der Waals surface area (Å²) in [5.74, 6) is 0.723. The fraction of sp³-hybridized carbons (Fsp3) is 0.368. The van der Waals surface area contributed by atoms with Gasteiger partial charge in [0.25, 0.3) is 0 Å². The van der Waals surface area contributed by atoms with E-state index >= 15 is 0 Å². The van der Waals surface area contributed by atoms with Crippen molar-refractivity contribution in [3.8, 4) is 5.75 Å². The average Bonchev–Trinajstić information content (AvgIpc) is 3.15. The average molecular weight is 341 g/mol. The van der Waals surface area contributed by atoms with Crippen molar-refractivity contribution in [2.45, 2.75) is 25.5 Å². The Labute approximate surface area is 147 Å². The number of anilines is 1. The number of amides is 2. The summed E-state index contributed by atoms with van der Waals surface area (Å²) in [6, 6.07) is 12.9. The van der Waals surface area contributed by atoms with Crippen molar-refractivity contribution in [1.29, 1.82) is 0 Å². The third-order valence-corrected chi connectivity index (χ3v) is 4.02. The van der Waals surface area contributed by atoms with Crippen LogP contribution in [-0.4, -0.2) is 42.3 Å². The van der Waals surface area contributed by atoms with Crippen LogP contribution in [0.4, 0.5) is 10.5 Å². The molecule has 0 saturated carbocycles. The highest BCUT2D eigenvalue weighted by Gasteiger charge is 2.16. The molecule has 6 heteroatoms. The molecular formula is C19H23N3O3. The number of carbonyl (C=O) groups excluding carboxylic acids is 1. The summed E-state index contributed by atoms with van der Waals surface area (Å²) in [5, 5.41) is 2.88. The van der Waals surface area contributed by atoms with E-state index in [1.165, 1.54) is 0 Å². The summed E-state index contributed by atoms with van der Waals surface area (Å²) >= 11 is 0. The molecule has 2 amide bonds. The number of nitrogens with one attached hydrogen (secondary N) is 1. The van der Waals surface area contributed by atoms with Gasteiger partial charge in [0, 0.05) is 31.6 Å². The van der Waals surface area contributed by atoms with Gasteiger partial charge in [-0.3, -0.25) is 4.98 Å². The van der Waals surface area contributed by atoms with Crippen molar-refractivity contribution < 1.29 is 14.3 Å². The summed E-state index contributed by atoms with van der Waals surface area (Å²) in [6.07, 6.45) is 4.01. The number of carbonyl (C=O) groups is 1. The van der Waals surface area contributed by atoms with Gasteiger partial charge in [0.05, 0.1) is 18.3 Å². The number of benzene rings is 1. The lowest BCUT2D eigenvalue weighted by atomic mass is 10.2. The summed E-state index contributed by atoms with van der Waals surface area (Å²) in [5.41, 5.74) is 1.54. The molecule has 2 aromatic rings. The van der Waals surface area contributed by atoms with E-state index in [0.717, 1.165) is 30.9 Å². The molecule has 25 heavy (non-hydrogen) atoms. The number of pyridine rings is 1. The second-order valence-corrected chi connectivity index (χ2v) is 6.08. The maximum atomic E-state index is 12.3. The van der Waals surface area contributed by atoms with Crippen molar-refractivity contribution >= 4 is 11.7 Å². The van der Waals surface area contributed by atoms with Crippen LogP contribution in [-0.2, 0) is 11.3 Å². The molecule has 1 fully saturated rings. The molecular weight excluding hydrogens is 318 g/mol. The molecule has 0 bridgehead atoms.